The van der Waals surface area contributed by atoms with Crippen molar-refractivity contribution in [3.8, 4) is 28.3 Å². The summed E-state index contributed by atoms with van der Waals surface area (Å²) >= 11 is 0. The molecular formula is C53H68N10O9S. The number of hydrogen-bond acceptors (Lipinski definition) is 16. The molecule has 0 atom stereocenters. The molecular weight excluding hydrogens is 953 g/mol. The summed E-state index contributed by atoms with van der Waals surface area (Å²) in [6.45, 7) is 9.16. The molecule has 0 bridgehead atoms. The highest BCUT2D eigenvalue weighted by atomic mass is 32.3. The minimum Gasteiger partial charge on any atom is -0.478 e. The average molecular weight is 1020 g/mol. The highest BCUT2D eigenvalue weighted by molar-refractivity contribution is 8.19. The van der Waals surface area contributed by atoms with Crippen LogP contribution in [0.2, 0.25) is 0 Å². The Morgan fingerprint density at radius 2 is 1.38 bits per heavy atom. The molecule has 6 aromatic rings. The number of pyridine rings is 2. The lowest BCUT2D eigenvalue weighted by Gasteiger charge is -2.23. The predicted molar refractivity (Wildman–Crippen MR) is 282 cm³/mol. The first-order valence-electron chi connectivity index (χ1n) is 24.6. The number of benzene rings is 3. The number of nitrogens with zero attached hydrogens (tertiary/aromatic N) is 7. The summed E-state index contributed by atoms with van der Waals surface area (Å²) in [5.74, 6) is 1.55. The van der Waals surface area contributed by atoms with Gasteiger partial charge in [0.1, 0.15) is 16.7 Å². The van der Waals surface area contributed by atoms with Gasteiger partial charge in [0.2, 0.25) is 11.8 Å². The molecule has 0 aliphatic heterocycles. The normalized spacial score (nSPS) is 12.0. The zero-order valence-corrected chi connectivity index (χ0v) is 42.4. The number of carbonyl (C=O) groups excluding carboxylic acids is 2. The van der Waals surface area contributed by atoms with Gasteiger partial charge in [-0.1, -0.05) is 92.7 Å². The smallest absolute Gasteiger partial charge is 0.252 e. The van der Waals surface area contributed by atoms with Gasteiger partial charge in [0, 0.05) is 68.1 Å². The molecule has 6 rings (SSSR count). The van der Waals surface area contributed by atoms with Gasteiger partial charge < -0.3 is 43.2 Å². The van der Waals surface area contributed by atoms with Gasteiger partial charge in [0.25, 0.3) is 5.91 Å². The number of tetrazole rings is 1. The van der Waals surface area contributed by atoms with Crippen molar-refractivity contribution in [2.24, 2.45) is 5.10 Å². The van der Waals surface area contributed by atoms with E-state index in [1.54, 1.807) is 30.3 Å². The lowest BCUT2D eigenvalue weighted by molar-refractivity contribution is -0.121. The number of ether oxygens (including phenoxy) is 4. The van der Waals surface area contributed by atoms with Crippen molar-refractivity contribution in [1.29, 1.82) is 0 Å². The van der Waals surface area contributed by atoms with E-state index in [4.69, 9.17) is 23.9 Å². The number of unbranched alkanes of at least 4 members (excludes halogenated alkanes) is 2. The molecule has 0 aliphatic rings. The van der Waals surface area contributed by atoms with Crippen LogP contribution in [0.1, 0.15) is 87.0 Å². The molecule has 0 radical (unpaired) electrons. The van der Waals surface area contributed by atoms with Crippen LogP contribution >= 0.6 is 10.9 Å². The number of nitrogens with one attached hydrogen (secondary N) is 3. The van der Waals surface area contributed by atoms with E-state index < -0.39 is 10.9 Å². The molecule has 3 heterocycles. The minimum atomic E-state index is -3.90. The summed E-state index contributed by atoms with van der Waals surface area (Å²) in [4.78, 5) is 33.9. The Bertz CT molecular complexity index is 2540. The van der Waals surface area contributed by atoms with Crippen molar-refractivity contribution in [1.82, 2.24) is 40.8 Å². The van der Waals surface area contributed by atoms with E-state index >= 15 is 0 Å². The molecule has 20 heteroatoms. The van der Waals surface area contributed by atoms with E-state index in [2.05, 4.69) is 85.8 Å². The van der Waals surface area contributed by atoms with Gasteiger partial charge in [-0.05, 0) is 90.8 Å². The monoisotopic (exact) mass is 1020 g/mol. The Morgan fingerprint density at radius 3 is 2.08 bits per heavy atom. The fraction of sp³-hybridized carbons (Fsp3) is 0.396. The van der Waals surface area contributed by atoms with E-state index in [9.17, 15) is 23.2 Å². The highest BCUT2D eigenvalue weighted by Crippen LogP contribution is 2.44. The average Bonchev–Trinajstić information content (AvgIpc) is 3.89. The number of hydrogen-bond donors (Lipinski definition) is 6. The summed E-state index contributed by atoms with van der Waals surface area (Å²) in [6, 6.07) is 33.9. The second-order valence-electron chi connectivity index (χ2n) is 17.7. The van der Waals surface area contributed by atoms with Crippen LogP contribution in [-0.2, 0) is 31.0 Å². The molecule has 0 unspecified atom stereocenters. The van der Waals surface area contributed by atoms with Gasteiger partial charge in [-0.3, -0.25) is 15.0 Å². The largest absolute Gasteiger partial charge is 0.478 e. The number of aromatic nitrogens is 6. The number of carbonyl (C=O) groups is 2. The van der Waals surface area contributed by atoms with E-state index in [-0.39, 0.29) is 22.1 Å². The van der Waals surface area contributed by atoms with Gasteiger partial charge in [0.15, 0.2) is 5.82 Å². The van der Waals surface area contributed by atoms with Crippen LogP contribution < -0.4 is 20.8 Å². The second-order valence-corrected chi connectivity index (χ2v) is 19.2. The number of aryl methyl sites for hydroxylation is 1. The minimum absolute atomic E-state index is 0.0128. The topological polar surface area (TPSA) is 250 Å². The van der Waals surface area contributed by atoms with Gasteiger partial charge >= 0.3 is 0 Å². The predicted octanol–water partition coefficient (Wildman–Crippen LogP) is 8.90. The molecule has 0 fully saturated rings. The fourth-order valence-electron chi connectivity index (χ4n) is 7.59. The molecule has 19 nitrogen and oxygen atoms in total. The summed E-state index contributed by atoms with van der Waals surface area (Å²) in [5, 5.41) is 22.5. The Kier molecular flexibility index (Phi) is 22.7. The van der Waals surface area contributed by atoms with E-state index in [1.807, 2.05) is 47.1 Å². The fourth-order valence-corrected chi connectivity index (χ4v) is 8.29. The lowest BCUT2D eigenvalue weighted by atomic mass is 9.86. The van der Waals surface area contributed by atoms with Crippen LogP contribution in [-0.4, -0.2) is 121 Å². The maximum atomic E-state index is 12.5. The molecule has 3 aromatic carbocycles. The van der Waals surface area contributed by atoms with Crippen molar-refractivity contribution in [3.05, 3.63) is 132 Å². The number of rotatable bonds is 33. The van der Waals surface area contributed by atoms with Crippen molar-refractivity contribution < 1.29 is 42.2 Å². The Labute approximate surface area is 428 Å². The van der Waals surface area contributed by atoms with Crippen molar-refractivity contribution in [3.63, 3.8) is 0 Å². The zero-order chi connectivity index (χ0) is 51.6. The van der Waals surface area contributed by atoms with Crippen molar-refractivity contribution in [2.45, 2.75) is 82.1 Å². The van der Waals surface area contributed by atoms with Gasteiger partial charge in [-0.25, -0.2) is 14.6 Å². The Hall–Kier alpha value is -6.65. The third kappa shape index (κ3) is 19.4. The molecule has 6 N–H and O–H groups in total. The van der Waals surface area contributed by atoms with Gasteiger partial charge in [-0.15, -0.1) is 5.10 Å². The summed E-state index contributed by atoms with van der Waals surface area (Å²) < 4.78 is 53.6. The van der Waals surface area contributed by atoms with Crippen LogP contribution in [0.15, 0.2) is 125 Å². The Balaban J connectivity index is 0.729. The van der Waals surface area contributed by atoms with E-state index in [1.165, 1.54) is 18.5 Å². The van der Waals surface area contributed by atoms with Gasteiger partial charge in [-0.2, -0.15) is 5.10 Å². The molecule has 3 aromatic heterocycles. The molecule has 390 valence electrons. The van der Waals surface area contributed by atoms with E-state index in [0.717, 1.165) is 60.3 Å². The third-order valence-corrected chi connectivity index (χ3v) is 12.5. The van der Waals surface area contributed by atoms with Crippen LogP contribution in [0.3, 0.4) is 0 Å². The molecule has 73 heavy (non-hydrogen) atoms. The van der Waals surface area contributed by atoms with Crippen molar-refractivity contribution in [2.75, 3.05) is 64.8 Å². The number of anilines is 1. The first-order chi connectivity index (χ1) is 35.5. The lowest BCUT2D eigenvalue weighted by Crippen LogP contribution is -2.25. The molecule has 0 saturated heterocycles. The quantitative estimate of drug-likeness (QED) is 0.0128. The zero-order valence-electron chi connectivity index (χ0n) is 41.6. The standard InChI is InChI=1S/C53H68N10O9S/c1-53(2,26-12-14-32-72-50-38-45(41-17-5-3-6-18-41)37-46(58-50)42-19-7-4-8-20-42)52-60-61-62-63(52)29-13-11-23-49(64)54-27-15-30-69-33-35-71-36-34-70-31-16-28-55-51(65)44-24-25-48(56-39-44)59-57-40-43-21-9-10-22-47(43)73(66,67)68/h3-10,17-22,24-25,37-40,66-68H,11-16,23,26-36H2,1-2H3,(H,54,64)(H,55,65)(H,56,59)/b57-40+. The first kappa shape index (κ1) is 55.7. The van der Waals surface area contributed by atoms with Crippen LogP contribution in [0, 0.1) is 0 Å². The summed E-state index contributed by atoms with van der Waals surface area (Å²) in [6.07, 6.45) is 8.66. The number of hydrazone groups is 1. The Morgan fingerprint density at radius 1 is 0.712 bits per heavy atom. The molecule has 2 amide bonds. The second kappa shape index (κ2) is 29.8. The SMILES string of the molecule is CC(C)(CCCCOc1cc(-c2ccccc2)cc(-c2ccccc2)n1)c1nnnn1CCCCC(=O)NCCCOCCOCCOCCCNC(=O)c1ccc(N/N=C/c2ccccc2S(O)(O)O)nc1. The molecule has 0 aliphatic carbocycles. The van der Waals surface area contributed by atoms with Crippen LogP contribution in [0.5, 0.6) is 5.88 Å². The van der Waals surface area contributed by atoms with E-state index in [0.29, 0.717) is 108 Å². The maximum Gasteiger partial charge on any atom is 0.252 e. The third-order valence-electron chi connectivity index (χ3n) is 11.5. The van der Waals surface area contributed by atoms with Gasteiger partial charge in [0.05, 0.1) is 55.4 Å². The highest BCUT2D eigenvalue weighted by Gasteiger charge is 2.27. The molecule has 0 saturated carbocycles. The van der Waals surface area contributed by atoms with Crippen molar-refractivity contribution >= 4 is 34.7 Å². The molecule has 0 spiro atoms. The van der Waals surface area contributed by atoms with Crippen LogP contribution in [0.25, 0.3) is 22.4 Å². The first-order valence-corrected chi connectivity index (χ1v) is 26.1. The number of amides is 2. The maximum absolute atomic E-state index is 12.5. The van der Waals surface area contributed by atoms with Crippen LogP contribution in [0.4, 0.5) is 5.82 Å². The summed E-state index contributed by atoms with van der Waals surface area (Å²) in [7, 11) is -3.90. The summed E-state index contributed by atoms with van der Waals surface area (Å²) in [5.41, 5.74) is 7.25.